The highest BCUT2D eigenvalue weighted by Gasteiger charge is 2.20. The summed E-state index contributed by atoms with van der Waals surface area (Å²) < 4.78 is 5.46. The number of amides is 1. The average Bonchev–Trinajstić information content (AvgIpc) is 3.18. The minimum absolute atomic E-state index is 0.000185. The van der Waals surface area contributed by atoms with Gasteiger partial charge in [-0.1, -0.05) is 239 Å². The van der Waals surface area contributed by atoms with Crippen molar-refractivity contribution in [3.63, 3.8) is 0 Å². The first-order valence-corrected chi connectivity index (χ1v) is 24.8. The van der Waals surface area contributed by atoms with Gasteiger partial charge in [-0.25, -0.2) is 0 Å². The highest BCUT2D eigenvalue weighted by Crippen LogP contribution is 2.17. The fourth-order valence-electron chi connectivity index (χ4n) is 7.82. The standard InChI is InChI=1S/C49H97NO5/c1-3-5-7-9-11-13-15-16-20-23-27-31-35-39-43-49(54)55-44-40-36-32-28-24-21-18-17-19-22-26-30-34-38-42-48(53)50-46(45-51)47(52)41-37-33-29-25-14-12-10-8-6-4-2/h46-47,51-52H,3-45H2,1-2H3,(H,50,53). The molecule has 6 nitrogen and oxygen atoms in total. The highest BCUT2D eigenvalue weighted by molar-refractivity contribution is 5.76. The van der Waals surface area contributed by atoms with Crippen molar-refractivity contribution in [3.8, 4) is 0 Å². The van der Waals surface area contributed by atoms with Gasteiger partial charge in [-0.3, -0.25) is 9.59 Å². The molecule has 0 aliphatic heterocycles. The summed E-state index contributed by atoms with van der Waals surface area (Å²) >= 11 is 0. The van der Waals surface area contributed by atoms with Crippen LogP contribution in [-0.2, 0) is 14.3 Å². The maximum atomic E-state index is 12.4. The van der Waals surface area contributed by atoms with Gasteiger partial charge in [-0.05, 0) is 25.7 Å². The van der Waals surface area contributed by atoms with Crippen LogP contribution < -0.4 is 5.32 Å². The number of unbranched alkanes of at least 4 members (excludes halogenated alkanes) is 35. The van der Waals surface area contributed by atoms with Crippen molar-refractivity contribution in [2.75, 3.05) is 13.2 Å². The maximum absolute atomic E-state index is 12.4. The third kappa shape index (κ3) is 42.3. The number of ether oxygens (including phenoxy) is 1. The van der Waals surface area contributed by atoms with Crippen LogP contribution in [-0.4, -0.2) is 47.4 Å². The molecule has 0 spiro atoms. The van der Waals surface area contributed by atoms with E-state index in [1.807, 2.05) is 0 Å². The Kier molecular flexibility index (Phi) is 44.6. The number of hydrogen-bond donors (Lipinski definition) is 3. The Hall–Kier alpha value is -1.14. The van der Waals surface area contributed by atoms with E-state index in [9.17, 15) is 19.8 Å². The molecule has 0 rings (SSSR count). The minimum atomic E-state index is -0.667. The third-order valence-electron chi connectivity index (χ3n) is 11.7. The van der Waals surface area contributed by atoms with Crippen LogP contribution in [0.15, 0.2) is 0 Å². The van der Waals surface area contributed by atoms with E-state index in [-0.39, 0.29) is 18.5 Å². The molecule has 3 N–H and O–H groups in total. The molecule has 0 radical (unpaired) electrons. The molecule has 0 aromatic rings. The topological polar surface area (TPSA) is 95.9 Å². The van der Waals surface area contributed by atoms with Crippen molar-refractivity contribution in [3.05, 3.63) is 0 Å². The molecule has 0 heterocycles. The monoisotopic (exact) mass is 780 g/mol. The summed E-state index contributed by atoms with van der Waals surface area (Å²) in [5.74, 6) is -0.0459. The van der Waals surface area contributed by atoms with Gasteiger partial charge in [0.05, 0.1) is 25.4 Å². The predicted octanol–water partition coefficient (Wildman–Crippen LogP) is 14.4. The Labute approximate surface area is 343 Å². The van der Waals surface area contributed by atoms with Gasteiger partial charge in [0.1, 0.15) is 0 Å². The summed E-state index contributed by atoms with van der Waals surface area (Å²) in [6, 6.07) is -0.545. The van der Waals surface area contributed by atoms with Crippen LogP contribution in [0.3, 0.4) is 0 Å². The van der Waals surface area contributed by atoms with Crippen molar-refractivity contribution >= 4 is 11.9 Å². The molecule has 0 aromatic carbocycles. The molecule has 2 unspecified atom stereocenters. The summed E-state index contributed by atoms with van der Waals surface area (Å²) in [4.78, 5) is 24.4. The van der Waals surface area contributed by atoms with Crippen LogP contribution in [0.2, 0.25) is 0 Å². The number of carbonyl (C=O) groups is 2. The molecule has 0 bridgehead atoms. The molecule has 0 saturated heterocycles. The fraction of sp³-hybridized carbons (Fsp3) is 0.959. The van der Waals surface area contributed by atoms with E-state index >= 15 is 0 Å². The largest absolute Gasteiger partial charge is 0.466 e. The van der Waals surface area contributed by atoms with Crippen LogP contribution >= 0.6 is 0 Å². The lowest BCUT2D eigenvalue weighted by atomic mass is 10.0. The van der Waals surface area contributed by atoms with Gasteiger partial charge < -0.3 is 20.3 Å². The van der Waals surface area contributed by atoms with Crippen LogP contribution in [0.1, 0.15) is 277 Å². The van der Waals surface area contributed by atoms with Gasteiger partial charge in [-0.2, -0.15) is 0 Å². The van der Waals surface area contributed by atoms with Gasteiger partial charge in [0.15, 0.2) is 0 Å². The van der Waals surface area contributed by atoms with E-state index < -0.39 is 12.1 Å². The quantitative estimate of drug-likeness (QED) is 0.0422. The van der Waals surface area contributed by atoms with E-state index in [1.54, 1.807) is 0 Å². The predicted molar refractivity (Wildman–Crippen MR) is 237 cm³/mol. The Morgan fingerprint density at radius 2 is 0.745 bits per heavy atom. The first-order valence-electron chi connectivity index (χ1n) is 24.8. The van der Waals surface area contributed by atoms with Gasteiger partial charge >= 0.3 is 5.97 Å². The molecule has 0 saturated carbocycles. The maximum Gasteiger partial charge on any atom is 0.305 e. The second-order valence-corrected chi connectivity index (χ2v) is 17.2. The molecule has 0 aromatic heterocycles. The average molecular weight is 780 g/mol. The zero-order valence-corrected chi connectivity index (χ0v) is 37.2. The molecule has 328 valence electrons. The molecule has 0 fully saturated rings. The summed E-state index contributed by atoms with van der Waals surface area (Å²) in [6.07, 6.45) is 49.2. The molecule has 0 aliphatic rings. The Morgan fingerprint density at radius 3 is 1.11 bits per heavy atom. The number of aliphatic hydroxyl groups excluding tert-OH is 2. The minimum Gasteiger partial charge on any atom is -0.466 e. The Morgan fingerprint density at radius 1 is 0.436 bits per heavy atom. The first kappa shape index (κ1) is 53.9. The van der Waals surface area contributed by atoms with Gasteiger partial charge in [-0.15, -0.1) is 0 Å². The van der Waals surface area contributed by atoms with Gasteiger partial charge in [0, 0.05) is 12.8 Å². The number of carbonyl (C=O) groups excluding carboxylic acids is 2. The number of aliphatic hydroxyl groups is 2. The highest BCUT2D eigenvalue weighted by atomic mass is 16.5. The van der Waals surface area contributed by atoms with E-state index in [0.717, 1.165) is 51.4 Å². The summed E-state index contributed by atoms with van der Waals surface area (Å²) in [6.45, 7) is 4.92. The van der Waals surface area contributed by atoms with Crippen molar-refractivity contribution in [2.45, 2.75) is 289 Å². The second kappa shape index (κ2) is 45.6. The van der Waals surface area contributed by atoms with E-state index in [1.165, 1.54) is 193 Å². The number of rotatable bonds is 46. The van der Waals surface area contributed by atoms with Crippen molar-refractivity contribution in [2.24, 2.45) is 0 Å². The summed E-state index contributed by atoms with van der Waals surface area (Å²) in [5, 5.41) is 23.1. The molecule has 0 aliphatic carbocycles. The van der Waals surface area contributed by atoms with Crippen molar-refractivity contribution < 1.29 is 24.5 Å². The van der Waals surface area contributed by atoms with Crippen LogP contribution in [0.25, 0.3) is 0 Å². The molecular weight excluding hydrogens is 683 g/mol. The number of nitrogens with one attached hydrogen (secondary N) is 1. The van der Waals surface area contributed by atoms with Crippen molar-refractivity contribution in [1.82, 2.24) is 5.32 Å². The molecule has 1 amide bonds. The first-order chi connectivity index (χ1) is 27.0. The smallest absolute Gasteiger partial charge is 0.305 e. The number of hydrogen-bond acceptors (Lipinski definition) is 5. The lowest BCUT2D eigenvalue weighted by Crippen LogP contribution is -2.45. The lowest BCUT2D eigenvalue weighted by molar-refractivity contribution is -0.143. The third-order valence-corrected chi connectivity index (χ3v) is 11.7. The van der Waals surface area contributed by atoms with Gasteiger partial charge in [0.2, 0.25) is 5.91 Å². The normalized spacial score (nSPS) is 12.6. The lowest BCUT2D eigenvalue weighted by Gasteiger charge is -2.22. The molecular formula is C49H97NO5. The van der Waals surface area contributed by atoms with E-state index in [0.29, 0.717) is 25.9 Å². The molecule has 6 heteroatoms. The van der Waals surface area contributed by atoms with Crippen molar-refractivity contribution in [1.29, 1.82) is 0 Å². The molecule has 55 heavy (non-hydrogen) atoms. The van der Waals surface area contributed by atoms with Crippen LogP contribution in [0.5, 0.6) is 0 Å². The second-order valence-electron chi connectivity index (χ2n) is 17.2. The van der Waals surface area contributed by atoms with Crippen LogP contribution in [0.4, 0.5) is 0 Å². The number of esters is 1. The van der Waals surface area contributed by atoms with E-state index in [4.69, 9.17) is 4.74 Å². The zero-order valence-electron chi connectivity index (χ0n) is 37.2. The zero-order chi connectivity index (χ0) is 40.1. The summed E-state index contributed by atoms with van der Waals surface area (Å²) in [5.41, 5.74) is 0. The van der Waals surface area contributed by atoms with Crippen LogP contribution in [0, 0.1) is 0 Å². The summed E-state index contributed by atoms with van der Waals surface area (Å²) in [7, 11) is 0. The van der Waals surface area contributed by atoms with E-state index in [2.05, 4.69) is 19.2 Å². The Bertz CT molecular complexity index is 776. The van der Waals surface area contributed by atoms with Gasteiger partial charge in [0.25, 0.3) is 0 Å². The molecule has 2 atom stereocenters. The fourth-order valence-corrected chi connectivity index (χ4v) is 7.82. The SMILES string of the molecule is CCCCCCCCCCCCCCCCC(=O)OCCCCCCCCCCCCCCCCC(=O)NC(CO)C(O)CCCCCCCCCCCC. The Balaban J connectivity index is 3.40.